The third kappa shape index (κ3) is 3.70. The van der Waals surface area contributed by atoms with Crippen molar-refractivity contribution in [3.8, 4) is 0 Å². The van der Waals surface area contributed by atoms with Gasteiger partial charge in [0.2, 0.25) is 0 Å². The lowest BCUT2D eigenvalue weighted by molar-refractivity contribution is 0.0677. The fourth-order valence-electron chi connectivity index (χ4n) is 3.03. The third-order valence-electron chi connectivity index (χ3n) is 4.47. The zero-order valence-corrected chi connectivity index (χ0v) is 14.8. The average Bonchev–Trinajstić information content (AvgIpc) is 2.59. The molecule has 1 N–H and O–H groups in total. The summed E-state index contributed by atoms with van der Waals surface area (Å²) >= 11 is 6.14. The van der Waals surface area contributed by atoms with Gasteiger partial charge in [0.25, 0.3) is 5.91 Å². The van der Waals surface area contributed by atoms with Gasteiger partial charge in [0.05, 0.1) is 11.9 Å². The topological polar surface area (TPSA) is 45.2 Å². The van der Waals surface area contributed by atoms with Crippen LogP contribution in [0.5, 0.6) is 0 Å². The number of nitrogens with zero attached hydrogens (tertiary/aromatic N) is 2. The van der Waals surface area contributed by atoms with Gasteiger partial charge in [-0.05, 0) is 55.5 Å². The Bertz CT molecular complexity index is 730. The molecule has 1 aliphatic heterocycles. The lowest BCUT2D eigenvalue weighted by Gasteiger charge is -2.30. The first-order valence-corrected chi connectivity index (χ1v) is 8.70. The Morgan fingerprint density at radius 2 is 2.17 bits per heavy atom. The third-order valence-corrected chi connectivity index (χ3v) is 4.88. The number of carbonyl (C=O) groups excluding carboxylic acids is 1. The number of nitrogens with one attached hydrogen (secondary N) is 1. The van der Waals surface area contributed by atoms with Gasteiger partial charge in [-0.2, -0.15) is 0 Å². The zero-order chi connectivity index (χ0) is 17.1. The number of hydrogen-bond acceptors (Lipinski definition) is 3. The Balaban J connectivity index is 1.71. The van der Waals surface area contributed by atoms with Crippen molar-refractivity contribution in [2.24, 2.45) is 5.92 Å². The van der Waals surface area contributed by atoms with E-state index in [1.54, 1.807) is 12.3 Å². The van der Waals surface area contributed by atoms with Crippen LogP contribution in [0, 0.1) is 12.8 Å². The summed E-state index contributed by atoms with van der Waals surface area (Å²) in [7, 11) is 0. The molecule has 1 saturated heterocycles. The number of likely N-dealkylation sites (tertiary alicyclic amines) is 1. The van der Waals surface area contributed by atoms with Crippen LogP contribution in [0.15, 0.2) is 36.5 Å². The van der Waals surface area contributed by atoms with E-state index in [4.69, 9.17) is 11.6 Å². The SMILES string of the molecule is Cc1c(Cl)cccc1Nc1ccc(C(=O)N2CCCC(C)C2)nc1. The minimum absolute atomic E-state index is 0.0204. The van der Waals surface area contributed by atoms with Gasteiger partial charge in [0.15, 0.2) is 0 Å². The number of pyridine rings is 1. The number of rotatable bonds is 3. The minimum Gasteiger partial charge on any atom is -0.354 e. The molecular weight excluding hydrogens is 322 g/mol. The molecule has 2 heterocycles. The number of piperidine rings is 1. The van der Waals surface area contributed by atoms with Crippen molar-refractivity contribution in [2.45, 2.75) is 26.7 Å². The molecule has 0 radical (unpaired) electrons. The molecule has 126 valence electrons. The van der Waals surface area contributed by atoms with Crippen molar-refractivity contribution in [3.05, 3.63) is 52.8 Å². The first kappa shape index (κ1) is 16.8. The van der Waals surface area contributed by atoms with Crippen LogP contribution in [0.2, 0.25) is 5.02 Å². The summed E-state index contributed by atoms with van der Waals surface area (Å²) < 4.78 is 0. The molecule has 5 heteroatoms. The lowest BCUT2D eigenvalue weighted by atomic mass is 10.00. The molecule has 1 aromatic heterocycles. The van der Waals surface area contributed by atoms with Crippen LogP contribution >= 0.6 is 11.6 Å². The van der Waals surface area contributed by atoms with E-state index in [0.717, 1.165) is 41.5 Å². The average molecular weight is 344 g/mol. The molecule has 1 fully saturated rings. The van der Waals surface area contributed by atoms with E-state index < -0.39 is 0 Å². The molecule has 0 aliphatic carbocycles. The van der Waals surface area contributed by atoms with Crippen LogP contribution in [0.3, 0.4) is 0 Å². The van der Waals surface area contributed by atoms with Crippen LogP contribution in [0.25, 0.3) is 0 Å². The number of anilines is 2. The summed E-state index contributed by atoms with van der Waals surface area (Å²) in [4.78, 5) is 18.8. The molecule has 2 aromatic rings. The highest BCUT2D eigenvalue weighted by Crippen LogP contribution is 2.26. The van der Waals surface area contributed by atoms with E-state index in [-0.39, 0.29) is 5.91 Å². The zero-order valence-electron chi connectivity index (χ0n) is 14.1. The van der Waals surface area contributed by atoms with Gasteiger partial charge in [-0.1, -0.05) is 24.6 Å². The predicted molar refractivity (Wildman–Crippen MR) is 98.0 cm³/mol. The van der Waals surface area contributed by atoms with E-state index in [2.05, 4.69) is 17.2 Å². The molecule has 24 heavy (non-hydrogen) atoms. The molecule has 3 rings (SSSR count). The van der Waals surface area contributed by atoms with Crippen molar-refractivity contribution in [2.75, 3.05) is 18.4 Å². The molecule has 0 spiro atoms. The second-order valence-electron chi connectivity index (χ2n) is 6.47. The van der Waals surface area contributed by atoms with Gasteiger partial charge in [-0.3, -0.25) is 4.79 Å². The first-order chi connectivity index (χ1) is 11.5. The first-order valence-electron chi connectivity index (χ1n) is 8.32. The fourth-order valence-corrected chi connectivity index (χ4v) is 3.20. The molecule has 1 aliphatic rings. The molecule has 0 bridgehead atoms. The summed E-state index contributed by atoms with van der Waals surface area (Å²) in [5.41, 5.74) is 3.26. The smallest absolute Gasteiger partial charge is 0.272 e. The molecule has 1 aromatic carbocycles. The van der Waals surface area contributed by atoms with Crippen molar-refractivity contribution in [1.29, 1.82) is 0 Å². The predicted octanol–water partition coefficient (Wildman–Crippen LogP) is 4.66. The van der Waals surface area contributed by atoms with Gasteiger partial charge in [0.1, 0.15) is 5.69 Å². The molecule has 1 unspecified atom stereocenters. The van der Waals surface area contributed by atoms with Gasteiger partial charge in [-0.15, -0.1) is 0 Å². The highest BCUT2D eigenvalue weighted by Gasteiger charge is 2.22. The van der Waals surface area contributed by atoms with E-state index in [9.17, 15) is 4.79 Å². The standard InChI is InChI=1S/C19H22ClN3O/c1-13-5-4-10-23(12-13)19(24)18-9-8-15(11-21-18)22-17-7-3-6-16(20)14(17)2/h3,6-9,11,13,22H,4-5,10,12H2,1-2H3. The molecule has 1 atom stereocenters. The Kier molecular flexibility index (Phi) is 5.05. The Labute approximate surface area is 147 Å². The summed E-state index contributed by atoms with van der Waals surface area (Å²) in [6, 6.07) is 9.40. The van der Waals surface area contributed by atoms with Crippen molar-refractivity contribution in [3.63, 3.8) is 0 Å². The highest BCUT2D eigenvalue weighted by molar-refractivity contribution is 6.31. The fraction of sp³-hybridized carbons (Fsp3) is 0.368. The van der Waals surface area contributed by atoms with Crippen molar-refractivity contribution >= 4 is 28.9 Å². The highest BCUT2D eigenvalue weighted by atomic mass is 35.5. The van der Waals surface area contributed by atoms with E-state index in [1.165, 1.54) is 6.42 Å². The van der Waals surface area contributed by atoms with Crippen LogP contribution in [-0.4, -0.2) is 28.9 Å². The molecule has 4 nitrogen and oxygen atoms in total. The number of halogens is 1. The summed E-state index contributed by atoms with van der Waals surface area (Å²) in [6.07, 6.45) is 3.96. The number of carbonyl (C=O) groups is 1. The molecule has 1 amide bonds. The van der Waals surface area contributed by atoms with Gasteiger partial charge in [0, 0.05) is 23.8 Å². The van der Waals surface area contributed by atoms with Crippen LogP contribution in [-0.2, 0) is 0 Å². The Hall–Kier alpha value is -2.07. The van der Waals surface area contributed by atoms with E-state index in [0.29, 0.717) is 11.6 Å². The maximum atomic E-state index is 12.5. The van der Waals surface area contributed by atoms with E-state index in [1.807, 2.05) is 36.1 Å². The maximum absolute atomic E-state index is 12.5. The quantitative estimate of drug-likeness (QED) is 0.881. The van der Waals surface area contributed by atoms with Crippen LogP contribution < -0.4 is 5.32 Å². The number of amides is 1. The van der Waals surface area contributed by atoms with Gasteiger partial charge >= 0.3 is 0 Å². The summed E-state index contributed by atoms with van der Waals surface area (Å²) in [5, 5.41) is 4.02. The van der Waals surface area contributed by atoms with Crippen LogP contribution in [0.1, 0.15) is 35.8 Å². The number of benzene rings is 1. The molecular formula is C19H22ClN3O. The van der Waals surface area contributed by atoms with E-state index >= 15 is 0 Å². The monoisotopic (exact) mass is 343 g/mol. The number of aromatic nitrogens is 1. The maximum Gasteiger partial charge on any atom is 0.272 e. The van der Waals surface area contributed by atoms with Crippen LogP contribution in [0.4, 0.5) is 11.4 Å². The Morgan fingerprint density at radius 3 is 2.88 bits per heavy atom. The second kappa shape index (κ2) is 7.22. The second-order valence-corrected chi connectivity index (χ2v) is 6.88. The summed E-state index contributed by atoms with van der Waals surface area (Å²) in [5.74, 6) is 0.585. The Morgan fingerprint density at radius 1 is 1.33 bits per heavy atom. The number of hydrogen-bond donors (Lipinski definition) is 1. The largest absolute Gasteiger partial charge is 0.354 e. The van der Waals surface area contributed by atoms with Gasteiger partial charge in [-0.25, -0.2) is 4.98 Å². The normalized spacial score (nSPS) is 17.6. The van der Waals surface area contributed by atoms with Gasteiger partial charge < -0.3 is 10.2 Å². The minimum atomic E-state index is 0.0204. The molecule has 0 saturated carbocycles. The summed E-state index contributed by atoms with van der Waals surface area (Å²) in [6.45, 7) is 5.80. The lowest BCUT2D eigenvalue weighted by Crippen LogP contribution is -2.39. The van der Waals surface area contributed by atoms with Crippen molar-refractivity contribution < 1.29 is 4.79 Å². The van der Waals surface area contributed by atoms with Crippen molar-refractivity contribution in [1.82, 2.24) is 9.88 Å².